The van der Waals surface area contributed by atoms with Gasteiger partial charge in [0.1, 0.15) is 5.75 Å². The number of ether oxygens (including phenoxy) is 1. The number of anilines is 2. The number of carbonyl (C=O) groups is 1. The molecule has 0 atom stereocenters. The van der Waals surface area contributed by atoms with E-state index in [1.54, 1.807) is 7.11 Å². The molecule has 0 radical (unpaired) electrons. The molecule has 0 saturated carbocycles. The van der Waals surface area contributed by atoms with Crippen molar-refractivity contribution in [3.63, 3.8) is 0 Å². The first-order valence-electron chi connectivity index (χ1n) is 11.3. The van der Waals surface area contributed by atoms with Crippen molar-refractivity contribution in [1.82, 2.24) is 14.8 Å². The van der Waals surface area contributed by atoms with Crippen LogP contribution in [0.25, 0.3) is 5.69 Å². The largest absolute Gasteiger partial charge is 0.497 e. The van der Waals surface area contributed by atoms with E-state index in [0.717, 1.165) is 39.8 Å². The van der Waals surface area contributed by atoms with Crippen molar-refractivity contribution < 1.29 is 9.53 Å². The molecular formula is C27H29N5O2S. The summed E-state index contributed by atoms with van der Waals surface area (Å²) in [5.41, 5.74) is 6.20. The Labute approximate surface area is 209 Å². The minimum atomic E-state index is -0.116. The van der Waals surface area contributed by atoms with Gasteiger partial charge < -0.3 is 15.4 Å². The summed E-state index contributed by atoms with van der Waals surface area (Å²) in [4.78, 5) is 12.6. The summed E-state index contributed by atoms with van der Waals surface area (Å²) in [5.74, 6) is 1.61. The van der Waals surface area contributed by atoms with E-state index >= 15 is 0 Å². The second-order valence-electron chi connectivity index (χ2n) is 8.31. The standard InChI is InChI=1S/C27H29N5O2S/c1-18-6-9-21(10-7-18)28-16-25-30-31-27(32(25)24-15-19(2)5-8-20(24)3)35-17-26(33)29-22-11-13-23(34-4)14-12-22/h5-15,28H,16-17H2,1-4H3,(H,29,33). The Kier molecular flexibility index (Phi) is 7.72. The van der Waals surface area contributed by atoms with Crippen molar-refractivity contribution in [3.8, 4) is 11.4 Å². The van der Waals surface area contributed by atoms with E-state index in [0.29, 0.717) is 11.7 Å². The van der Waals surface area contributed by atoms with Crippen LogP contribution in [0.3, 0.4) is 0 Å². The number of aryl methyl sites for hydroxylation is 3. The zero-order chi connectivity index (χ0) is 24.8. The molecule has 0 aliphatic carbocycles. The molecule has 4 rings (SSSR count). The van der Waals surface area contributed by atoms with E-state index in [4.69, 9.17) is 4.74 Å². The molecule has 0 aliphatic rings. The van der Waals surface area contributed by atoms with Gasteiger partial charge in [0.15, 0.2) is 11.0 Å². The lowest BCUT2D eigenvalue weighted by Crippen LogP contribution is -2.15. The summed E-state index contributed by atoms with van der Waals surface area (Å²) in [6.07, 6.45) is 0. The third-order valence-corrected chi connectivity index (χ3v) is 6.44. The Morgan fingerprint density at radius 3 is 2.31 bits per heavy atom. The number of rotatable bonds is 9. The van der Waals surface area contributed by atoms with Crippen LogP contribution in [0.15, 0.2) is 71.9 Å². The molecule has 3 aromatic carbocycles. The predicted octanol–water partition coefficient (Wildman–Crippen LogP) is 5.54. The fraction of sp³-hybridized carbons (Fsp3) is 0.222. The first-order valence-corrected chi connectivity index (χ1v) is 12.3. The molecule has 0 fully saturated rings. The highest BCUT2D eigenvalue weighted by Gasteiger charge is 2.17. The normalized spacial score (nSPS) is 10.7. The van der Waals surface area contributed by atoms with E-state index in [1.165, 1.54) is 17.3 Å². The smallest absolute Gasteiger partial charge is 0.234 e. The number of carbonyl (C=O) groups excluding carboxylic acids is 1. The monoisotopic (exact) mass is 487 g/mol. The first-order chi connectivity index (χ1) is 16.9. The van der Waals surface area contributed by atoms with Crippen molar-refractivity contribution >= 4 is 29.0 Å². The minimum absolute atomic E-state index is 0.116. The molecule has 0 saturated heterocycles. The molecular weight excluding hydrogens is 458 g/mol. The molecule has 0 bridgehead atoms. The summed E-state index contributed by atoms with van der Waals surface area (Å²) in [5, 5.41) is 15.9. The average Bonchev–Trinajstić information content (AvgIpc) is 3.27. The molecule has 2 N–H and O–H groups in total. The number of methoxy groups -OCH3 is 1. The predicted molar refractivity (Wildman–Crippen MR) is 142 cm³/mol. The second kappa shape index (κ2) is 11.1. The molecule has 0 aliphatic heterocycles. The van der Waals surface area contributed by atoms with Gasteiger partial charge in [0.2, 0.25) is 5.91 Å². The maximum absolute atomic E-state index is 12.6. The Balaban J connectivity index is 1.53. The van der Waals surface area contributed by atoms with Gasteiger partial charge in [0, 0.05) is 11.4 Å². The van der Waals surface area contributed by atoms with Crippen molar-refractivity contribution in [2.75, 3.05) is 23.5 Å². The topological polar surface area (TPSA) is 81.1 Å². The number of nitrogens with zero attached hydrogens (tertiary/aromatic N) is 3. The molecule has 0 spiro atoms. The van der Waals surface area contributed by atoms with Gasteiger partial charge in [-0.3, -0.25) is 9.36 Å². The van der Waals surface area contributed by atoms with E-state index in [9.17, 15) is 4.79 Å². The van der Waals surface area contributed by atoms with Crippen LogP contribution in [0.4, 0.5) is 11.4 Å². The molecule has 1 heterocycles. The van der Waals surface area contributed by atoms with Gasteiger partial charge in [0.25, 0.3) is 0 Å². The maximum atomic E-state index is 12.6. The van der Waals surface area contributed by atoms with Crippen molar-refractivity contribution in [2.45, 2.75) is 32.5 Å². The lowest BCUT2D eigenvalue weighted by molar-refractivity contribution is -0.113. The van der Waals surface area contributed by atoms with Crippen molar-refractivity contribution in [2.24, 2.45) is 0 Å². The van der Waals surface area contributed by atoms with E-state index in [2.05, 4.69) is 71.9 Å². The van der Waals surface area contributed by atoms with Crippen LogP contribution in [-0.2, 0) is 11.3 Å². The zero-order valence-electron chi connectivity index (χ0n) is 20.3. The van der Waals surface area contributed by atoms with Gasteiger partial charge in [0.05, 0.1) is 25.1 Å². The summed E-state index contributed by atoms with van der Waals surface area (Å²) in [6.45, 7) is 6.70. The van der Waals surface area contributed by atoms with Crippen LogP contribution in [0, 0.1) is 20.8 Å². The minimum Gasteiger partial charge on any atom is -0.497 e. The fourth-order valence-corrected chi connectivity index (χ4v) is 4.33. The Morgan fingerprint density at radius 2 is 1.60 bits per heavy atom. The van der Waals surface area contributed by atoms with E-state index in [-0.39, 0.29) is 11.7 Å². The van der Waals surface area contributed by atoms with E-state index in [1.807, 2.05) is 41.0 Å². The number of hydrogen-bond acceptors (Lipinski definition) is 6. The van der Waals surface area contributed by atoms with E-state index < -0.39 is 0 Å². The molecule has 35 heavy (non-hydrogen) atoms. The Bertz CT molecular complexity index is 1300. The molecule has 4 aromatic rings. The van der Waals surface area contributed by atoms with Gasteiger partial charge in [-0.25, -0.2) is 0 Å². The average molecular weight is 488 g/mol. The quantitative estimate of drug-likeness (QED) is 0.302. The number of nitrogens with one attached hydrogen (secondary N) is 2. The fourth-order valence-electron chi connectivity index (χ4n) is 3.56. The lowest BCUT2D eigenvalue weighted by atomic mass is 10.1. The first kappa shape index (κ1) is 24.3. The van der Waals surface area contributed by atoms with Crippen molar-refractivity contribution in [1.29, 1.82) is 0 Å². The number of aromatic nitrogens is 3. The SMILES string of the molecule is COc1ccc(NC(=O)CSc2nnc(CNc3ccc(C)cc3)n2-c2cc(C)ccc2C)cc1. The van der Waals surface area contributed by atoms with Crippen LogP contribution in [0.2, 0.25) is 0 Å². The molecule has 8 heteroatoms. The summed E-state index contributed by atoms with van der Waals surface area (Å²) < 4.78 is 7.20. The molecule has 1 amide bonds. The van der Waals surface area contributed by atoms with Crippen LogP contribution in [-0.4, -0.2) is 33.5 Å². The molecule has 7 nitrogen and oxygen atoms in total. The van der Waals surface area contributed by atoms with Gasteiger partial charge in [-0.2, -0.15) is 0 Å². The van der Waals surface area contributed by atoms with Gasteiger partial charge in [-0.15, -0.1) is 10.2 Å². The maximum Gasteiger partial charge on any atom is 0.234 e. The van der Waals surface area contributed by atoms with Crippen LogP contribution in [0.1, 0.15) is 22.5 Å². The summed E-state index contributed by atoms with van der Waals surface area (Å²) in [7, 11) is 1.61. The molecule has 1 aromatic heterocycles. The van der Waals surface area contributed by atoms with Crippen molar-refractivity contribution in [3.05, 3.63) is 89.2 Å². The summed E-state index contributed by atoms with van der Waals surface area (Å²) in [6, 6.07) is 21.8. The van der Waals surface area contributed by atoms with Crippen LogP contribution >= 0.6 is 11.8 Å². The van der Waals surface area contributed by atoms with Gasteiger partial charge in [-0.05, 0) is 74.4 Å². The molecule has 0 unspecified atom stereocenters. The van der Waals surface area contributed by atoms with Crippen LogP contribution < -0.4 is 15.4 Å². The number of hydrogen-bond donors (Lipinski definition) is 2. The lowest BCUT2D eigenvalue weighted by Gasteiger charge is -2.14. The zero-order valence-corrected chi connectivity index (χ0v) is 21.1. The van der Waals surface area contributed by atoms with Crippen LogP contribution in [0.5, 0.6) is 5.75 Å². The highest BCUT2D eigenvalue weighted by atomic mass is 32.2. The summed E-state index contributed by atoms with van der Waals surface area (Å²) >= 11 is 1.36. The van der Waals surface area contributed by atoms with Gasteiger partial charge in [-0.1, -0.05) is 41.6 Å². The Morgan fingerprint density at radius 1 is 0.914 bits per heavy atom. The number of amides is 1. The molecule has 180 valence electrons. The highest BCUT2D eigenvalue weighted by Crippen LogP contribution is 2.26. The number of benzene rings is 3. The number of thioether (sulfide) groups is 1. The Hall–Kier alpha value is -3.78. The third-order valence-electron chi connectivity index (χ3n) is 5.51. The highest BCUT2D eigenvalue weighted by molar-refractivity contribution is 7.99. The second-order valence-corrected chi connectivity index (χ2v) is 9.25. The third kappa shape index (κ3) is 6.22. The van der Waals surface area contributed by atoms with Gasteiger partial charge >= 0.3 is 0 Å².